The first-order valence-corrected chi connectivity index (χ1v) is 6.02. The van der Waals surface area contributed by atoms with E-state index >= 15 is 0 Å². The smallest absolute Gasteiger partial charge is 0.411 e. The van der Waals surface area contributed by atoms with Gasteiger partial charge in [0.25, 0.3) is 0 Å². The minimum atomic E-state index is -4.57. The highest BCUT2D eigenvalue weighted by molar-refractivity contribution is 6.37. The molecule has 10 heteroatoms. The zero-order chi connectivity index (χ0) is 16.2. The zero-order valence-electron chi connectivity index (χ0n) is 10.1. The van der Waals surface area contributed by atoms with Crippen molar-refractivity contribution < 1.29 is 32.6 Å². The van der Waals surface area contributed by atoms with E-state index in [0.717, 1.165) is 6.07 Å². The fourth-order valence-corrected chi connectivity index (χ4v) is 1.84. The van der Waals surface area contributed by atoms with Gasteiger partial charge in [-0.1, -0.05) is 23.2 Å². The van der Waals surface area contributed by atoms with E-state index in [1.54, 1.807) is 0 Å². The minimum Gasteiger partial charge on any atom is -0.478 e. The predicted molar refractivity (Wildman–Crippen MR) is 68.9 cm³/mol. The van der Waals surface area contributed by atoms with Gasteiger partial charge in [-0.2, -0.15) is 13.2 Å². The van der Waals surface area contributed by atoms with Gasteiger partial charge in [0.15, 0.2) is 0 Å². The number of nitrogens with one attached hydrogen (secondary N) is 1. The maximum Gasteiger partial charge on any atom is 0.411 e. The van der Waals surface area contributed by atoms with E-state index in [0.29, 0.717) is 0 Å². The Balaban J connectivity index is 2.79. The molecule has 1 rings (SSSR count). The second kappa shape index (κ2) is 6.97. The molecule has 0 heterocycles. The summed E-state index contributed by atoms with van der Waals surface area (Å²) in [5.74, 6) is -2.39. The Bertz CT molecular complexity index is 563. The molecule has 21 heavy (non-hydrogen) atoms. The molecular weight excluding hydrogens is 338 g/mol. The molecule has 0 spiro atoms. The van der Waals surface area contributed by atoms with Crippen molar-refractivity contribution in [3.8, 4) is 0 Å². The van der Waals surface area contributed by atoms with Crippen molar-refractivity contribution in [1.29, 1.82) is 0 Å². The maximum atomic E-state index is 11.8. The predicted octanol–water partition coefficient (Wildman–Crippen LogP) is 3.21. The lowest BCUT2D eigenvalue weighted by molar-refractivity contribution is -0.174. The third-order valence-corrected chi connectivity index (χ3v) is 2.57. The second-order valence-electron chi connectivity index (χ2n) is 3.77. The van der Waals surface area contributed by atoms with Crippen LogP contribution >= 0.6 is 23.2 Å². The fourth-order valence-electron chi connectivity index (χ4n) is 1.30. The summed E-state index contributed by atoms with van der Waals surface area (Å²) in [5, 5.41) is 10.9. The molecule has 0 atom stereocenters. The molecule has 0 saturated heterocycles. The number of benzene rings is 1. The summed E-state index contributed by atoms with van der Waals surface area (Å²) in [6, 6.07) is 2.23. The number of alkyl halides is 3. The SMILES string of the molecule is O=C(COCC(F)(F)F)Nc1c(Cl)cc(Cl)cc1C(=O)O. The number of ether oxygens (including phenoxy) is 1. The summed E-state index contributed by atoms with van der Waals surface area (Å²) >= 11 is 11.4. The van der Waals surface area contributed by atoms with E-state index in [1.807, 2.05) is 0 Å². The Morgan fingerprint density at radius 3 is 2.43 bits per heavy atom. The molecule has 0 radical (unpaired) electrons. The number of carboxylic acid groups (broad SMARTS) is 1. The first kappa shape index (κ1) is 17.5. The van der Waals surface area contributed by atoms with Crippen LogP contribution in [0.1, 0.15) is 10.4 Å². The van der Waals surface area contributed by atoms with E-state index in [9.17, 15) is 22.8 Å². The number of carbonyl (C=O) groups is 2. The van der Waals surface area contributed by atoms with Gasteiger partial charge in [0.05, 0.1) is 16.3 Å². The van der Waals surface area contributed by atoms with Crippen LogP contribution < -0.4 is 5.32 Å². The van der Waals surface area contributed by atoms with Crippen molar-refractivity contribution in [3.05, 3.63) is 27.7 Å². The zero-order valence-corrected chi connectivity index (χ0v) is 11.6. The lowest BCUT2D eigenvalue weighted by atomic mass is 10.1. The molecule has 1 aromatic carbocycles. The van der Waals surface area contributed by atoms with Crippen LogP contribution in [0.5, 0.6) is 0 Å². The van der Waals surface area contributed by atoms with Gasteiger partial charge in [0.2, 0.25) is 5.91 Å². The molecule has 0 aliphatic heterocycles. The highest BCUT2D eigenvalue weighted by atomic mass is 35.5. The lowest BCUT2D eigenvalue weighted by Crippen LogP contribution is -2.24. The Kier molecular flexibility index (Phi) is 5.82. The van der Waals surface area contributed by atoms with Gasteiger partial charge >= 0.3 is 12.1 Å². The van der Waals surface area contributed by atoms with Gasteiger partial charge in [-0.25, -0.2) is 4.79 Å². The average molecular weight is 346 g/mol. The molecule has 0 bridgehead atoms. The molecule has 0 saturated carbocycles. The quantitative estimate of drug-likeness (QED) is 0.859. The molecule has 1 aromatic rings. The van der Waals surface area contributed by atoms with E-state index < -0.39 is 36.8 Å². The lowest BCUT2D eigenvalue weighted by Gasteiger charge is -2.12. The molecule has 1 amide bonds. The van der Waals surface area contributed by atoms with Gasteiger partial charge in [-0.05, 0) is 12.1 Å². The van der Waals surface area contributed by atoms with Crippen LogP contribution in [0.3, 0.4) is 0 Å². The number of amides is 1. The highest BCUT2D eigenvalue weighted by Gasteiger charge is 2.28. The molecule has 0 aliphatic carbocycles. The number of carbonyl (C=O) groups excluding carboxylic acids is 1. The Morgan fingerprint density at radius 2 is 1.90 bits per heavy atom. The van der Waals surface area contributed by atoms with E-state index in [-0.39, 0.29) is 15.7 Å². The maximum absolute atomic E-state index is 11.8. The Hall–Kier alpha value is -1.51. The van der Waals surface area contributed by atoms with Crippen LogP contribution in [-0.4, -0.2) is 36.4 Å². The summed E-state index contributed by atoms with van der Waals surface area (Å²) in [6.45, 7) is -2.50. The number of carboxylic acids is 1. The van der Waals surface area contributed by atoms with Crippen molar-refractivity contribution in [2.75, 3.05) is 18.5 Å². The van der Waals surface area contributed by atoms with Crippen molar-refractivity contribution >= 4 is 40.8 Å². The topological polar surface area (TPSA) is 75.6 Å². The van der Waals surface area contributed by atoms with Gasteiger partial charge < -0.3 is 15.2 Å². The molecule has 0 fully saturated rings. The third kappa shape index (κ3) is 5.78. The number of anilines is 1. The van der Waals surface area contributed by atoms with Gasteiger partial charge in [0.1, 0.15) is 13.2 Å². The summed E-state index contributed by atoms with van der Waals surface area (Å²) in [4.78, 5) is 22.4. The molecule has 5 nitrogen and oxygen atoms in total. The molecule has 2 N–H and O–H groups in total. The monoisotopic (exact) mass is 345 g/mol. The number of hydrogen-bond acceptors (Lipinski definition) is 3. The van der Waals surface area contributed by atoms with Gasteiger partial charge in [-0.3, -0.25) is 4.79 Å². The van der Waals surface area contributed by atoms with Crippen LogP contribution in [0.4, 0.5) is 18.9 Å². The summed E-state index contributed by atoms with van der Waals surface area (Å²) < 4.78 is 39.7. The molecule has 0 aliphatic rings. The summed E-state index contributed by atoms with van der Waals surface area (Å²) in [5.41, 5.74) is -0.661. The van der Waals surface area contributed by atoms with E-state index in [2.05, 4.69) is 10.1 Å². The first-order valence-electron chi connectivity index (χ1n) is 5.27. The summed E-state index contributed by atoms with van der Waals surface area (Å²) in [7, 11) is 0. The second-order valence-corrected chi connectivity index (χ2v) is 4.62. The molecular formula is C11H8Cl2F3NO4. The van der Waals surface area contributed by atoms with Crippen molar-refractivity contribution in [1.82, 2.24) is 0 Å². The normalized spacial score (nSPS) is 11.3. The number of rotatable bonds is 5. The highest BCUT2D eigenvalue weighted by Crippen LogP contribution is 2.30. The Morgan fingerprint density at radius 1 is 1.29 bits per heavy atom. The van der Waals surface area contributed by atoms with Crippen LogP contribution in [0, 0.1) is 0 Å². The third-order valence-electron chi connectivity index (χ3n) is 2.05. The average Bonchev–Trinajstić information content (AvgIpc) is 2.30. The molecule has 116 valence electrons. The van der Waals surface area contributed by atoms with Crippen LogP contribution in [0.25, 0.3) is 0 Å². The number of hydrogen-bond donors (Lipinski definition) is 2. The number of aromatic carboxylic acids is 1. The molecule has 0 unspecified atom stereocenters. The number of halogens is 5. The van der Waals surface area contributed by atoms with Crippen LogP contribution in [0.15, 0.2) is 12.1 Å². The van der Waals surface area contributed by atoms with Crippen molar-refractivity contribution in [3.63, 3.8) is 0 Å². The van der Waals surface area contributed by atoms with Crippen LogP contribution in [-0.2, 0) is 9.53 Å². The fraction of sp³-hybridized carbons (Fsp3) is 0.273. The van der Waals surface area contributed by atoms with Crippen molar-refractivity contribution in [2.24, 2.45) is 0 Å². The van der Waals surface area contributed by atoms with E-state index in [4.69, 9.17) is 28.3 Å². The van der Waals surface area contributed by atoms with E-state index in [1.165, 1.54) is 6.07 Å². The minimum absolute atomic E-state index is 0.0312. The Labute approximate surface area is 126 Å². The van der Waals surface area contributed by atoms with Gasteiger partial charge in [-0.15, -0.1) is 0 Å². The largest absolute Gasteiger partial charge is 0.478 e. The molecule has 0 aromatic heterocycles. The van der Waals surface area contributed by atoms with Crippen LogP contribution in [0.2, 0.25) is 10.0 Å². The standard InChI is InChI=1S/C11H8Cl2F3NO4/c12-5-1-6(10(19)20)9(7(13)2-5)17-8(18)3-21-4-11(14,15)16/h1-2H,3-4H2,(H,17,18)(H,19,20). The summed E-state index contributed by atoms with van der Waals surface area (Å²) in [6.07, 6.45) is -4.57. The first-order chi connectivity index (χ1) is 9.60. The van der Waals surface area contributed by atoms with Gasteiger partial charge in [0, 0.05) is 5.02 Å². The van der Waals surface area contributed by atoms with Crippen molar-refractivity contribution in [2.45, 2.75) is 6.18 Å².